The summed E-state index contributed by atoms with van der Waals surface area (Å²) >= 11 is 0. The number of anilines is 1. The molecule has 11 nitrogen and oxygen atoms in total. The molecule has 0 aliphatic heterocycles. The summed E-state index contributed by atoms with van der Waals surface area (Å²) in [4.78, 5) is 15.9. The number of nitrogen functional groups attached to an aromatic ring is 1. The third-order valence-corrected chi connectivity index (χ3v) is 5.79. The molecule has 0 aliphatic rings. The van der Waals surface area contributed by atoms with E-state index in [1.165, 1.54) is 11.8 Å². The fourth-order valence-electron chi connectivity index (χ4n) is 3.88. The second kappa shape index (κ2) is 12.0. The van der Waals surface area contributed by atoms with E-state index in [0.717, 1.165) is 11.3 Å². The van der Waals surface area contributed by atoms with Crippen molar-refractivity contribution in [3.63, 3.8) is 0 Å². The maximum absolute atomic E-state index is 13.0. The molecule has 0 aliphatic carbocycles. The summed E-state index contributed by atoms with van der Waals surface area (Å²) in [5.41, 5.74) is 7.77. The van der Waals surface area contributed by atoms with Crippen LogP contribution in [0.5, 0.6) is 17.2 Å². The van der Waals surface area contributed by atoms with E-state index >= 15 is 0 Å². The van der Waals surface area contributed by atoms with Crippen LogP contribution in [-0.2, 0) is 4.74 Å². The number of para-hydroxylation sites is 2. The Balaban J connectivity index is 1.76. The van der Waals surface area contributed by atoms with Crippen molar-refractivity contribution in [3.05, 3.63) is 94.2 Å². The predicted octanol–water partition coefficient (Wildman–Crippen LogP) is 3.09. The van der Waals surface area contributed by atoms with Gasteiger partial charge in [-0.15, -0.1) is 5.10 Å². The van der Waals surface area contributed by atoms with Gasteiger partial charge in [0.25, 0.3) is 0 Å². The number of nitrogens with zero attached hydrogens (tertiary/aromatic N) is 2. The van der Waals surface area contributed by atoms with E-state index in [-0.39, 0.29) is 5.84 Å². The Labute approximate surface area is 219 Å². The van der Waals surface area contributed by atoms with Gasteiger partial charge in [0.1, 0.15) is 29.9 Å². The molecule has 0 saturated heterocycles. The van der Waals surface area contributed by atoms with Crippen LogP contribution in [-0.4, -0.2) is 55.1 Å². The lowest BCUT2D eigenvalue weighted by atomic mass is 10.0. The minimum absolute atomic E-state index is 0.0261. The number of rotatable bonds is 12. The van der Waals surface area contributed by atoms with E-state index in [2.05, 4.69) is 15.4 Å². The zero-order valence-corrected chi connectivity index (χ0v) is 21.4. The fourth-order valence-corrected chi connectivity index (χ4v) is 3.88. The van der Waals surface area contributed by atoms with Crippen LogP contribution in [0.4, 0.5) is 5.69 Å². The van der Waals surface area contributed by atoms with Gasteiger partial charge in [0.2, 0.25) is 0 Å². The zero-order valence-electron chi connectivity index (χ0n) is 21.4. The Morgan fingerprint density at radius 3 is 2.42 bits per heavy atom. The summed E-state index contributed by atoms with van der Waals surface area (Å²) in [6, 6.07) is 19.1. The van der Waals surface area contributed by atoms with E-state index < -0.39 is 11.7 Å². The average molecular weight is 519 g/mol. The molecule has 4 rings (SSSR count). The first-order valence-electron chi connectivity index (χ1n) is 11.8. The lowest BCUT2D eigenvalue weighted by molar-refractivity contribution is 0.144. The molecule has 0 fully saturated rings. The van der Waals surface area contributed by atoms with Crippen LogP contribution in [0, 0.1) is 5.41 Å². The first-order valence-corrected chi connectivity index (χ1v) is 11.8. The highest BCUT2D eigenvalue weighted by Crippen LogP contribution is 2.33. The van der Waals surface area contributed by atoms with Crippen LogP contribution < -0.4 is 31.0 Å². The van der Waals surface area contributed by atoms with E-state index in [1.54, 1.807) is 62.8 Å². The average Bonchev–Trinajstić information content (AvgIpc) is 3.33. The topological polar surface area (TPSA) is 150 Å². The summed E-state index contributed by atoms with van der Waals surface area (Å²) in [5, 5.41) is 15.7. The molecule has 5 N–H and O–H groups in total. The number of hydrogen-bond donors (Lipinski definition) is 4. The summed E-state index contributed by atoms with van der Waals surface area (Å²) in [7, 11) is 4.70. The molecule has 1 atom stereocenters. The lowest BCUT2D eigenvalue weighted by Crippen LogP contribution is -2.16. The fraction of sp³-hybridized carbons (Fsp3) is 0.222. The second-order valence-corrected chi connectivity index (χ2v) is 8.22. The van der Waals surface area contributed by atoms with Gasteiger partial charge in [-0.2, -0.15) is 4.68 Å². The zero-order chi connectivity index (χ0) is 27.1. The van der Waals surface area contributed by atoms with Crippen molar-refractivity contribution in [2.24, 2.45) is 5.73 Å². The SMILES string of the molecule is COCCOc1ccc([C@H](Nc2ccc(C(=N)N)cc2)c2nn(-c3ccccc3OC)c(=O)[nH]2)cc1OC. The van der Waals surface area contributed by atoms with Gasteiger partial charge in [0.15, 0.2) is 17.3 Å². The van der Waals surface area contributed by atoms with E-state index in [1.807, 2.05) is 18.2 Å². The van der Waals surface area contributed by atoms with Crippen molar-refractivity contribution in [1.82, 2.24) is 14.8 Å². The first-order chi connectivity index (χ1) is 18.4. The van der Waals surface area contributed by atoms with Gasteiger partial charge in [-0.3, -0.25) is 10.4 Å². The highest BCUT2D eigenvalue weighted by atomic mass is 16.5. The monoisotopic (exact) mass is 518 g/mol. The molecule has 0 spiro atoms. The van der Waals surface area contributed by atoms with Gasteiger partial charge in [0.05, 0.1) is 20.8 Å². The van der Waals surface area contributed by atoms with Crippen molar-refractivity contribution in [3.8, 4) is 22.9 Å². The summed E-state index contributed by atoms with van der Waals surface area (Å²) in [6.45, 7) is 0.806. The standard InChI is InChI=1S/C27H30N6O5/c1-35-14-15-38-22-13-10-18(16-23(22)37-3)24(30-19-11-8-17(9-12-19)25(28)29)26-31-27(34)33(32-26)20-6-4-5-7-21(20)36-2/h4-13,16,24,30H,14-15H2,1-3H3,(H3,28,29)(H,31,32,34)/t24-/m0/s1. The normalized spacial score (nSPS) is 11.6. The minimum Gasteiger partial charge on any atom is -0.494 e. The Morgan fingerprint density at radius 2 is 1.74 bits per heavy atom. The first kappa shape index (κ1) is 26.3. The van der Waals surface area contributed by atoms with Crippen LogP contribution in [0.25, 0.3) is 5.69 Å². The van der Waals surface area contributed by atoms with Crippen molar-refractivity contribution in [2.75, 3.05) is 39.9 Å². The van der Waals surface area contributed by atoms with E-state index in [4.69, 9.17) is 30.1 Å². The number of nitrogens with two attached hydrogens (primary N) is 1. The Morgan fingerprint density at radius 1 is 1.00 bits per heavy atom. The van der Waals surface area contributed by atoms with Crippen LogP contribution >= 0.6 is 0 Å². The van der Waals surface area contributed by atoms with Crippen molar-refractivity contribution >= 4 is 11.5 Å². The number of aromatic nitrogens is 3. The second-order valence-electron chi connectivity index (χ2n) is 8.22. The molecule has 0 amide bonds. The van der Waals surface area contributed by atoms with Crippen LogP contribution in [0.2, 0.25) is 0 Å². The molecule has 0 bridgehead atoms. The lowest BCUT2D eigenvalue weighted by Gasteiger charge is -2.20. The number of benzene rings is 3. The number of nitrogens with one attached hydrogen (secondary N) is 3. The number of amidine groups is 1. The Bertz CT molecular complexity index is 1450. The Hall–Kier alpha value is -4.77. The van der Waals surface area contributed by atoms with Crippen molar-refractivity contribution < 1.29 is 18.9 Å². The maximum Gasteiger partial charge on any atom is 0.348 e. The minimum atomic E-state index is -0.580. The van der Waals surface area contributed by atoms with Gasteiger partial charge in [-0.1, -0.05) is 18.2 Å². The number of methoxy groups -OCH3 is 3. The molecule has 1 aromatic heterocycles. The molecule has 38 heavy (non-hydrogen) atoms. The molecule has 3 aromatic carbocycles. The highest BCUT2D eigenvalue weighted by molar-refractivity contribution is 5.95. The largest absolute Gasteiger partial charge is 0.494 e. The van der Waals surface area contributed by atoms with E-state index in [9.17, 15) is 4.79 Å². The smallest absolute Gasteiger partial charge is 0.348 e. The molecular formula is C27H30N6O5. The number of ether oxygens (including phenoxy) is 4. The molecule has 198 valence electrons. The van der Waals surface area contributed by atoms with Gasteiger partial charge in [-0.05, 0) is 54.1 Å². The molecule has 0 saturated carbocycles. The van der Waals surface area contributed by atoms with Gasteiger partial charge >= 0.3 is 5.69 Å². The third-order valence-electron chi connectivity index (χ3n) is 5.79. The number of hydrogen-bond acceptors (Lipinski definition) is 8. The number of aromatic amines is 1. The molecular weight excluding hydrogens is 488 g/mol. The van der Waals surface area contributed by atoms with Gasteiger partial charge in [-0.25, -0.2) is 4.79 Å². The molecule has 0 radical (unpaired) electrons. The molecule has 1 heterocycles. The van der Waals surface area contributed by atoms with Gasteiger partial charge in [0, 0.05) is 18.4 Å². The van der Waals surface area contributed by atoms with Crippen molar-refractivity contribution in [1.29, 1.82) is 5.41 Å². The molecule has 11 heteroatoms. The summed E-state index contributed by atoms with van der Waals surface area (Å²) < 4.78 is 23.1. The van der Waals surface area contributed by atoms with Crippen molar-refractivity contribution in [2.45, 2.75) is 6.04 Å². The highest BCUT2D eigenvalue weighted by Gasteiger charge is 2.23. The molecule has 4 aromatic rings. The van der Waals surface area contributed by atoms with Crippen LogP contribution in [0.3, 0.4) is 0 Å². The summed E-state index contributed by atoms with van der Waals surface area (Å²) in [6.07, 6.45) is 0. The Kier molecular flexibility index (Phi) is 8.29. The predicted molar refractivity (Wildman–Crippen MR) is 144 cm³/mol. The third kappa shape index (κ3) is 5.79. The maximum atomic E-state index is 13.0. The molecule has 0 unspecified atom stereocenters. The van der Waals surface area contributed by atoms with E-state index in [0.29, 0.717) is 47.5 Å². The quantitative estimate of drug-likeness (QED) is 0.127. The van der Waals surface area contributed by atoms with Gasteiger partial charge < -0.3 is 30.0 Å². The summed E-state index contributed by atoms with van der Waals surface area (Å²) in [5.74, 6) is 1.93. The number of H-pyrrole nitrogens is 1. The van der Waals surface area contributed by atoms with Crippen LogP contribution in [0.1, 0.15) is 23.0 Å². The van der Waals surface area contributed by atoms with Crippen LogP contribution in [0.15, 0.2) is 71.5 Å².